The monoisotopic (exact) mass is 369 g/mol. The van der Waals surface area contributed by atoms with Crippen LogP contribution in [0.15, 0.2) is 72.8 Å². The fraction of sp³-hybridized carbons (Fsp3) is 0. The molecule has 0 fully saturated rings. The summed E-state index contributed by atoms with van der Waals surface area (Å²) >= 11 is 8.30. The zero-order valence-electron chi connectivity index (χ0n) is 13.7. The highest BCUT2D eigenvalue weighted by atomic mass is 35.5. The molecule has 1 nitrogen and oxygen atoms in total. The first-order valence-electron chi connectivity index (χ1n) is 8.52. The third-order valence-electron chi connectivity index (χ3n) is 5.14. The van der Waals surface area contributed by atoms with Crippen molar-refractivity contribution in [3.05, 3.63) is 77.9 Å². The third-order valence-corrected chi connectivity index (χ3v) is 6.70. The number of rotatable bonds is 0. The maximum absolute atomic E-state index is 6.58. The minimum absolute atomic E-state index is 0.591. The maximum Gasteiger partial charge on any atom is 0.147 e. The van der Waals surface area contributed by atoms with E-state index in [4.69, 9.17) is 16.6 Å². The van der Waals surface area contributed by atoms with Crippen LogP contribution in [0, 0.1) is 0 Å². The number of pyridine rings is 1. The Hall–Kier alpha value is -2.68. The van der Waals surface area contributed by atoms with Crippen LogP contribution in [0.4, 0.5) is 0 Å². The molecule has 26 heavy (non-hydrogen) atoms. The first-order chi connectivity index (χ1) is 12.8. The molecule has 0 radical (unpaired) electrons. The van der Waals surface area contributed by atoms with E-state index in [1.165, 1.54) is 42.4 Å². The Morgan fingerprint density at radius 3 is 2.31 bits per heavy atom. The number of aromatic nitrogens is 1. The molecule has 0 bridgehead atoms. The molecule has 0 unspecified atom stereocenters. The second-order valence-electron chi connectivity index (χ2n) is 6.55. The number of benzene rings is 4. The third kappa shape index (κ3) is 1.83. The van der Waals surface area contributed by atoms with Crippen molar-refractivity contribution in [2.24, 2.45) is 0 Å². The molecule has 2 aromatic heterocycles. The van der Waals surface area contributed by atoms with E-state index in [1.807, 2.05) is 0 Å². The van der Waals surface area contributed by atoms with Crippen LogP contribution in [0.3, 0.4) is 0 Å². The SMILES string of the molecule is Clc1nc2ccc3ccc4ccccc4c3c2c2c1sc1ccccc12. The second kappa shape index (κ2) is 5.16. The number of hydrogen-bond acceptors (Lipinski definition) is 2. The molecule has 6 rings (SSSR count). The molecular weight excluding hydrogens is 358 g/mol. The Labute approximate surface area is 158 Å². The van der Waals surface area contributed by atoms with Gasteiger partial charge in [0.1, 0.15) is 5.15 Å². The highest BCUT2D eigenvalue weighted by molar-refractivity contribution is 7.26. The van der Waals surface area contributed by atoms with Crippen molar-refractivity contribution in [2.45, 2.75) is 0 Å². The van der Waals surface area contributed by atoms with Gasteiger partial charge in [-0.25, -0.2) is 4.98 Å². The molecule has 0 aliphatic carbocycles. The average Bonchev–Trinajstić information content (AvgIpc) is 3.08. The van der Waals surface area contributed by atoms with E-state index in [0.717, 1.165) is 10.2 Å². The Morgan fingerprint density at radius 2 is 1.38 bits per heavy atom. The molecule has 122 valence electrons. The Bertz CT molecular complexity index is 1500. The summed E-state index contributed by atoms with van der Waals surface area (Å²) in [5.74, 6) is 0. The van der Waals surface area contributed by atoms with E-state index in [9.17, 15) is 0 Å². The van der Waals surface area contributed by atoms with Crippen LogP contribution in [0.2, 0.25) is 5.15 Å². The van der Waals surface area contributed by atoms with Crippen molar-refractivity contribution < 1.29 is 0 Å². The van der Waals surface area contributed by atoms with Crippen LogP contribution in [0.1, 0.15) is 0 Å². The Balaban J connectivity index is 2.04. The van der Waals surface area contributed by atoms with Gasteiger partial charge in [0.15, 0.2) is 0 Å². The lowest BCUT2D eigenvalue weighted by atomic mass is 9.96. The summed E-state index contributed by atoms with van der Waals surface area (Å²) in [4.78, 5) is 4.73. The minimum atomic E-state index is 0.591. The molecule has 0 aliphatic rings. The standard InChI is InChI=1S/C23H12ClNS/c24-23-22-20(16-7-3-4-8-18(16)26-22)21-17(25-23)12-11-14-10-9-13-5-1-2-6-15(13)19(14)21/h1-12H. The molecular formula is C23H12ClNS. The van der Waals surface area contributed by atoms with E-state index in [-0.39, 0.29) is 0 Å². The number of nitrogens with zero attached hydrogens (tertiary/aromatic N) is 1. The van der Waals surface area contributed by atoms with Crippen molar-refractivity contribution in [1.29, 1.82) is 0 Å². The highest BCUT2D eigenvalue weighted by Crippen LogP contribution is 2.44. The molecule has 0 N–H and O–H groups in total. The molecule has 6 aromatic rings. The van der Waals surface area contributed by atoms with Gasteiger partial charge in [-0.3, -0.25) is 0 Å². The topological polar surface area (TPSA) is 12.9 Å². The lowest BCUT2D eigenvalue weighted by Gasteiger charge is -2.10. The molecule has 2 heterocycles. The zero-order valence-corrected chi connectivity index (χ0v) is 15.2. The van der Waals surface area contributed by atoms with Crippen molar-refractivity contribution in [2.75, 3.05) is 0 Å². The number of halogens is 1. The van der Waals surface area contributed by atoms with Gasteiger partial charge in [0.2, 0.25) is 0 Å². The maximum atomic E-state index is 6.58. The predicted octanol–water partition coefficient (Wildman–Crippen LogP) is 7.56. The van der Waals surface area contributed by atoms with Crippen LogP contribution in [-0.2, 0) is 0 Å². The molecule has 0 aliphatic heterocycles. The normalized spacial score (nSPS) is 12.0. The number of thiophene rings is 1. The van der Waals surface area contributed by atoms with Gasteiger partial charge in [0.25, 0.3) is 0 Å². The van der Waals surface area contributed by atoms with Gasteiger partial charge >= 0.3 is 0 Å². The summed E-state index contributed by atoms with van der Waals surface area (Å²) in [5, 5.41) is 9.27. The predicted molar refractivity (Wildman–Crippen MR) is 115 cm³/mol. The summed E-state index contributed by atoms with van der Waals surface area (Å²) < 4.78 is 2.32. The Kier molecular flexibility index (Phi) is 2.88. The fourth-order valence-corrected chi connectivity index (χ4v) is 5.42. The quantitative estimate of drug-likeness (QED) is 0.199. The largest absolute Gasteiger partial charge is 0.235 e. The van der Waals surface area contributed by atoms with E-state index >= 15 is 0 Å². The summed E-state index contributed by atoms with van der Waals surface area (Å²) in [6.45, 7) is 0. The van der Waals surface area contributed by atoms with Crippen LogP contribution in [0.5, 0.6) is 0 Å². The molecule has 0 saturated heterocycles. The molecule has 4 aromatic carbocycles. The lowest BCUT2D eigenvalue weighted by molar-refractivity contribution is 1.46. The van der Waals surface area contributed by atoms with Gasteiger partial charge in [-0.05, 0) is 33.7 Å². The van der Waals surface area contributed by atoms with E-state index in [0.29, 0.717) is 5.15 Å². The van der Waals surface area contributed by atoms with Crippen LogP contribution < -0.4 is 0 Å². The van der Waals surface area contributed by atoms with E-state index in [1.54, 1.807) is 11.3 Å². The van der Waals surface area contributed by atoms with Gasteiger partial charge < -0.3 is 0 Å². The van der Waals surface area contributed by atoms with Gasteiger partial charge in [-0.1, -0.05) is 72.3 Å². The highest BCUT2D eigenvalue weighted by Gasteiger charge is 2.16. The molecule has 0 spiro atoms. The van der Waals surface area contributed by atoms with Crippen molar-refractivity contribution in [1.82, 2.24) is 4.98 Å². The summed E-state index contributed by atoms with van der Waals surface area (Å²) in [6.07, 6.45) is 0. The lowest BCUT2D eigenvalue weighted by Crippen LogP contribution is -1.86. The number of hydrogen-bond donors (Lipinski definition) is 0. The van der Waals surface area contributed by atoms with Crippen LogP contribution in [0.25, 0.3) is 52.6 Å². The summed E-state index contributed by atoms with van der Waals surface area (Å²) in [6, 6.07) is 25.7. The van der Waals surface area contributed by atoms with Crippen LogP contribution >= 0.6 is 22.9 Å². The van der Waals surface area contributed by atoms with Crippen LogP contribution in [-0.4, -0.2) is 4.98 Å². The first kappa shape index (κ1) is 14.5. The van der Waals surface area contributed by atoms with Gasteiger partial charge in [0, 0.05) is 20.9 Å². The van der Waals surface area contributed by atoms with Gasteiger partial charge in [-0.15, -0.1) is 11.3 Å². The van der Waals surface area contributed by atoms with E-state index in [2.05, 4.69) is 72.8 Å². The molecule has 0 amide bonds. The van der Waals surface area contributed by atoms with E-state index < -0.39 is 0 Å². The summed E-state index contributed by atoms with van der Waals surface area (Å²) in [5.41, 5.74) is 0.954. The van der Waals surface area contributed by atoms with Gasteiger partial charge in [-0.2, -0.15) is 0 Å². The molecule has 3 heteroatoms. The Morgan fingerprint density at radius 1 is 0.654 bits per heavy atom. The fourth-order valence-electron chi connectivity index (χ4n) is 4.03. The van der Waals surface area contributed by atoms with Crippen molar-refractivity contribution in [3.8, 4) is 0 Å². The smallest absolute Gasteiger partial charge is 0.147 e. The number of fused-ring (bicyclic) bond motifs is 9. The molecule has 0 saturated carbocycles. The minimum Gasteiger partial charge on any atom is -0.235 e. The first-order valence-corrected chi connectivity index (χ1v) is 9.71. The molecule has 0 atom stereocenters. The van der Waals surface area contributed by atoms with Crippen molar-refractivity contribution in [3.63, 3.8) is 0 Å². The van der Waals surface area contributed by atoms with Crippen molar-refractivity contribution >= 4 is 75.6 Å². The average molecular weight is 370 g/mol. The van der Waals surface area contributed by atoms with Gasteiger partial charge in [0.05, 0.1) is 10.2 Å². The second-order valence-corrected chi connectivity index (χ2v) is 7.96. The summed E-state index contributed by atoms with van der Waals surface area (Å²) in [7, 11) is 0. The zero-order chi connectivity index (χ0) is 17.3.